The molecule has 3 N–H and O–H groups in total. The van der Waals surface area contributed by atoms with Crippen LogP contribution in [0.15, 0.2) is 6.20 Å². The van der Waals surface area contributed by atoms with Crippen LogP contribution in [0.5, 0.6) is 0 Å². The Morgan fingerprint density at radius 2 is 2.33 bits per heavy atom. The van der Waals surface area contributed by atoms with Gasteiger partial charge in [-0.05, 0) is 12.8 Å². The number of hydrogen-bond donors (Lipinski definition) is 2. The molecule has 0 aromatic carbocycles. The number of rotatable bonds is 3. The number of likely N-dealkylation sites (tertiary alicyclic amines) is 1. The van der Waals surface area contributed by atoms with E-state index >= 15 is 0 Å². The van der Waals surface area contributed by atoms with Crippen LogP contribution in [0.25, 0.3) is 0 Å². The highest BCUT2D eigenvalue weighted by Gasteiger charge is 2.32. The van der Waals surface area contributed by atoms with Gasteiger partial charge in [0.2, 0.25) is 0 Å². The number of carbonyl (C=O) groups is 2. The van der Waals surface area contributed by atoms with Gasteiger partial charge in [0.15, 0.2) is 5.69 Å². The van der Waals surface area contributed by atoms with Gasteiger partial charge in [-0.25, -0.2) is 0 Å². The molecular weight excluding hydrogens is 236 g/mol. The van der Waals surface area contributed by atoms with Gasteiger partial charge in [0.05, 0.1) is 18.2 Å². The molecule has 1 unspecified atom stereocenters. The molecule has 98 valence electrons. The SMILES string of the molecule is Cn1cc(C(N)=O)c(C(=O)N2CCCC2CO)n1. The van der Waals surface area contributed by atoms with Crippen molar-refractivity contribution < 1.29 is 14.7 Å². The fraction of sp³-hybridized carbons (Fsp3) is 0.545. The lowest BCUT2D eigenvalue weighted by Crippen LogP contribution is -2.38. The van der Waals surface area contributed by atoms with Crippen LogP contribution in [0.1, 0.15) is 33.7 Å². The number of amides is 2. The Labute approximate surface area is 104 Å². The molecule has 0 aliphatic carbocycles. The zero-order valence-electron chi connectivity index (χ0n) is 10.2. The van der Waals surface area contributed by atoms with Crippen LogP contribution in [-0.2, 0) is 7.05 Å². The third-order valence-electron chi connectivity index (χ3n) is 3.15. The van der Waals surface area contributed by atoms with Crippen molar-refractivity contribution in [2.45, 2.75) is 18.9 Å². The Balaban J connectivity index is 2.31. The predicted octanol–water partition coefficient (Wildman–Crippen LogP) is -0.884. The van der Waals surface area contributed by atoms with E-state index in [0.717, 1.165) is 12.8 Å². The maximum atomic E-state index is 12.3. The first-order valence-electron chi connectivity index (χ1n) is 5.80. The van der Waals surface area contributed by atoms with E-state index in [1.807, 2.05) is 0 Å². The van der Waals surface area contributed by atoms with Crippen molar-refractivity contribution in [1.29, 1.82) is 0 Å². The van der Waals surface area contributed by atoms with Gasteiger partial charge in [0.25, 0.3) is 11.8 Å². The lowest BCUT2D eigenvalue weighted by atomic mass is 10.2. The fourth-order valence-electron chi connectivity index (χ4n) is 2.26. The summed E-state index contributed by atoms with van der Waals surface area (Å²) < 4.78 is 1.39. The summed E-state index contributed by atoms with van der Waals surface area (Å²) in [5.41, 5.74) is 5.40. The molecule has 7 heteroatoms. The van der Waals surface area contributed by atoms with Gasteiger partial charge in [0, 0.05) is 19.8 Å². The number of aliphatic hydroxyl groups excluding tert-OH is 1. The minimum absolute atomic E-state index is 0.0605. The zero-order valence-corrected chi connectivity index (χ0v) is 10.2. The van der Waals surface area contributed by atoms with E-state index in [9.17, 15) is 14.7 Å². The molecule has 0 bridgehead atoms. The Bertz CT molecular complexity index is 483. The summed E-state index contributed by atoms with van der Waals surface area (Å²) in [5, 5.41) is 13.2. The largest absolute Gasteiger partial charge is 0.394 e. The molecule has 2 amide bonds. The average Bonchev–Trinajstić information content (AvgIpc) is 2.93. The molecule has 1 aromatic rings. The Kier molecular flexibility index (Phi) is 3.33. The van der Waals surface area contributed by atoms with Crippen molar-refractivity contribution in [3.8, 4) is 0 Å². The highest BCUT2D eigenvalue weighted by Crippen LogP contribution is 2.20. The van der Waals surface area contributed by atoms with Gasteiger partial charge in [-0.15, -0.1) is 0 Å². The minimum Gasteiger partial charge on any atom is -0.394 e. The van der Waals surface area contributed by atoms with E-state index in [1.54, 1.807) is 11.9 Å². The van der Waals surface area contributed by atoms with E-state index in [-0.39, 0.29) is 29.8 Å². The summed E-state index contributed by atoms with van der Waals surface area (Å²) in [4.78, 5) is 25.1. The topological polar surface area (TPSA) is 101 Å². The molecule has 1 aliphatic heterocycles. The molecule has 1 aromatic heterocycles. The number of primary amides is 1. The summed E-state index contributed by atoms with van der Waals surface area (Å²) in [6.45, 7) is 0.489. The van der Waals surface area contributed by atoms with Gasteiger partial charge in [0.1, 0.15) is 0 Å². The van der Waals surface area contributed by atoms with Crippen molar-refractivity contribution in [2.75, 3.05) is 13.2 Å². The van der Waals surface area contributed by atoms with E-state index < -0.39 is 5.91 Å². The summed E-state index contributed by atoms with van der Waals surface area (Å²) in [7, 11) is 1.62. The van der Waals surface area contributed by atoms with Gasteiger partial charge in [-0.2, -0.15) is 5.10 Å². The maximum absolute atomic E-state index is 12.3. The van der Waals surface area contributed by atoms with Crippen LogP contribution < -0.4 is 5.73 Å². The number of carbonyl (C=O) groups excluding carboxylic acids is 2. The number of nitrogens with zero attached hydrogens (tertiary/aromatic N) is 3. The lowest BCUT2D eigenvalue weighted by molar-refractivity contribution is 0.0667. The van der Waals surface area contributed by atoms with Crippen molar-refractivity contribution in [3.05, 3.63) is 17.5 Å². The quantitative estimate of drug-likeness (QED) is 0.729. The van der Waals surface area contributed by atoms with Crippen molar-refractivity contribution >= 4 is 11.8 Å². The summed E-state index contributed by atoms with van der Waals surface area (Å²) >= 11 is 0. The molecule has 7 nitrogen and oxygen atoms in total. The molecule has 1 atom stereocenters. The Morgan fingerprint density at radius 3 is 2.94 bits per heavy atom. The lowest BCUT2D eigenvalue weighted by Gasteiger charge is -2.22. The highest BCUT2D eigenvalue weighted by molar-refractivity contribution is 6.05. The van der Waals surface area contributed by atoms with E-state index in [0.29, 0.717) is 6.54 Å². The molecule has 1 aliphatic rings. The third-order valence-corrected chi connectivity index (χ3v) is 3.15. The number of aromatic nitrogens is 2. The number of nitrogens with two attached hydrogens (primary N) is 1. The first-order valence-corrected chi connectivity index (χ1v) is 5.80. The van der Waals surface area contributed by atoms with Crippen LogP contribution in [0, 0.1) is 0 Å². The third kappa shape index (κ3) is 2.08. The second-order valence-electron chi connectivity index (χ2n) is 4.41. The monoisotopic (exact) mass is 252 g/mol. The van der Waals surface area contributed by atoms with Gasteiger partial charge in [-0.1, -0.05) is 0 Å². The Hall–Kier alpha value is -1.89. The average molecular weight is 252 g/mol. The van der Waals surface area contributed by atoms with Crippen LogP contribution in [-0.4, -0.2) is 50.8 Å². The van der Waals surface area contributed by atoms with Gasteiger partial charge in [-0.3, -0.25) is 14.3 Å². The first-order chi connectivity index (χ1) is 8.54. The molecule has 2 heterocycles. The van der Waals surface area contributed by atoms with E-state index in [2.05, 4.69) is 5.10 Å². The fourth-order valence-corrected chi connectivity index (χ4v) is 2.26. The minimum atomic E-state index is -0.675. The molecule has 1 fully saturated rings. The number of hydrogen-bond acceptors (Lipinski definition) is 4. The second-order valence-corrected chi connectivity index (χ2v) is 4.41. The molecule has 0 spiro atoms. The van der Waals surface area contributed by atoms with Crippen LogP contribution in [0.4, 0.5) is 0 Å². The normalized spacial score (nSPS) is 19.2. The molecule has 0 radical (unpaired) electrons. The second kappa shape index (κ2) is 4.77. The summed E-state index contributed by atoms with van der Waals surface area (Å²) in [6, 6.07) is -0.194. The molecule has 2 rings (SSSR count). The highest BCUT2D eigenvalue weighted by atomic mass is 16.3. The molecule has 18 heavy (non-hydrogen) atoms. The van der Waals surface area contributed by atoms with Crippen LogP contribution in [0.2, 0.25) is 0 Å². The van der Waals surface area contributed by atoms with Crippen LogP contribution in [0.3, 0.4) is 0 Å². The summed E-state index contributed by atoms with van der Waals surface area (Å²) in [6.07, 6.45) is 3.04. The van der Waals surface area contributed by atoms with Crippen molar-refractivity contribution in [2.24, 2.45) is 12.8 Å². The van der Waals surface area contributed by atoms with Crippen molar-refractivity contribution in [3.63, 3.8) is 0 Å². The van der Waals surface area contributed by atoms with Gasteiger partial charge < -0.3 is 15.7 Å². The van der Waals surface area contributed by atoms with Crippen molar-refractivity contribution in [1.82, 2.24) is 14.7 Å². The van der Waals surface area contributed by atoms with E-state index in [1.165, 1.54) is 10.9 Å². The van der Waals surface area contributed by atoms with Gasteiger partial charge >= 0.3 is 0 Å². The predicted molar refractivity (Wildman–Crippen MR) is 62.9 cm³/mol. The standard InChI is InChI=1S/C11H16N4O3/c1-14-5-8(10(12)17)9(13-14)11(18)15-4-2-3-7(15)6-16/h5,7,16H,2-4,6H2,1H3,(H2,12,17). The first kappa shape index (κ1) is 12.6. The number of aryl methyl sites for hydroxylation is 1. The molecule has 0 saturated carbocycles. The zero-order chi connectivity index (χ0) is 13.3. The Morgan fingerprint density at radius 1 is 1.61 bits per heavy atom. The maximum Gasteiger partial charge on any atom is 0.275 e. The van der Waals surface area contributed by atoms with E-state index in [4.69, 9.17) is 5.73 Å². The molecular formula is C11H16N4O3. The summed E-state index contributed by atoms with van der Waals surface area (Å²) in [5.74, 6) is -1.02. The smallest absolute Gasteiger partial charge is 0.275 e. The molecule has 1 saturated heterocycles. The number of aliphatic hydroxyl groups is 1. The van der Waals surface area contributed by atoms with Crippen LogP contribution >= 0.6 is 0 Å².